The fraction of sp³-hybridized carbons (Fsp3) is 0.778. The van der Waals surface area contributed by atoms with Gasteiger partial charge in [-0.15, -0.1) is 0 Å². The van der Waals surface area contributed by atoms with Crippen molar-refractivity contribution in [2.75, 3.05) is 6.54 Å². The normalized spacial score (nSPS) is 26.6. The van der Waals surface area contributed by atoms with Crippen molar-refractivity contribution >= 4 is 32.3 Å². The lowest BCUT2D eigenvalue weighted by Gasteiger charge is -2.21. The second-order valence-electron chi connectivity index (χ2n) is 3.51. The van der Waals surface area contributed by atoms with Crippen molar-refractivity contribution in [2.24, 2.45) is 0 Å². The van der Waals surface area contributed by atoms with Crippen LogP contribution in [-0.4, -0.2) is 38.4 Å². The van der Waals surface area contributed by atoms with E-state index in [1.165, 1.54) is 4.90 Å². The molecule has 0 aromatic rings. The zero-order chi connectivity index (χ0) is 10.7. The average molecular weight is 311 g/mol. The standard InChI is InChI=1S/C9H14INO3/c1-2-3-8(13)11-5-6(12)4-7(11)9(10)14/h6-7,12H,2-5H2,1H3/t6-,7+/m1/s1. The Kier molecular flexibility index (Phi) is 4.31. The molecule has 0 unspecified atom stereocenters. The number of nitrogens with zero attached hydrogens (tertiary/aromatic N) is 1. The highest BCUT2D eigenvalue weighted by molar-refractivity contribution is 14.1. The summed E-state index contributed by atoms with van der Waals surface area (Å²) in [6.07, 6.45) is 1.07. The molecule has 0 bridgehead atoms. The van der Waals surface area contributed by atoms with Crippen LogP contribution in [0.5, 0.6) is 0 Å². The van der Waals surface area contributed by atoms with Crippen molar-refractivity contribution < 1.29 is 14.7 Å². The molecule has 0 saturated carbocycles. The summed E-state index contributed by atoms with van der Waals surface area (Å²) in [5.74, 6) is -0.0286. The Hall–Kier alpha value is -0.170. The number of amides is 1. The first kappa shape index (κ1) is 11.9. The molecule has 1 fully saturated rings. The maximum Gasteiger partial charge on any atom is 0.223 e. The molecule has 0 radical (unpaired) electrons. The van der Waals surface area contributed by atoms with Crippen LogP contribution >= 0.6 is 22.6 Å². The molecule has 1 aliphatic heterocycles. The summed E-state index contributed by atoms with van der Waals surface area (Å²) in [5, 5.41) is 9.39. The number of aliphatic hydroxyl groups is 1. The fourth-order valence-corrected chi connectivity index (χ4v) is 2.25. The van der Waals surface area contributed by atoms with E-state index in [-0.39, 0.29) is 9.70 Å². The molecule has 2 atom stereocenters. The molecule has 1 heterocycles. The van der Waals surface area contributed by atoms with Crippen LogP contribution in [0.25, 0.3) is 0 Å². The summed E-state index contributed by atoms with van der Waals surface area (Å²) in [6.45, 7) is 2.23. The highest BCUT2D eigenvalue weighted by atomic mass is 127. The van der Waals surface area contributed by atoms with Gasteiger partial charge in [0.1, 0.15) is 6.04 Å². The molecule has 1 N–H and O–H groups in total. The topological polar surface area (TPSA) is 57.6 Å². The van der Waals surface area contributed by atoms with Gasteiger partial charge in [-0.1, -0.05) is 6.92 Å². The molecule has 1 amide bonds. The number of likely N-dealkylation sites (tertiary alicyclic amines) is 1. The highest BCUT2D eigenvalue weighted by Gasteiger charge is 2.37. The van der Waals surface area contributed by atoms with Gasteiger partial charge in [-0.05, 0) is 6.42 Å². The van der Waals surface area contributed by atoms with Crippen molar-refractivity contribution in [3.05, 3.63) is 0 Å². The van der Waals surface area contributed by atoms with Gasteiger partial charge in [0.15, 0.2) is 0 Å². The number of aliphatic hydroxyl groups excluding tert-OH is 1. The second-order valence-corrected chi connectivity index (χ2v) is 4.57. The molecule has 4 nitrogen and oxygen atoms in total. The molecule has 0 aromatic heterocycles. The van der Waals surface area contributed by atoms with Gasteiger partial charge >= 0.3 is 0 Å². The summed E-state index contributed by atoms with van der Waals surface area (Å²) < 4.78 is -0.0661. The van der Waals surface area contributed by atoms with Crippen LogP contribution in [0.2, 0.25) is 0 Å². The first-order valence-corrected chi connectivity index (χ1v) is 5.81. The van der Waals surface area contributed by atoms with E-state index >= 15 is 0 Å². The SMILES string of the molecule is CCCC(=O)N1C[C@H](O)C[C@H]1C(=O)I. The maximum absolute atomic E-state index is 11.6. The summed E-state index contributed by atoms with van der Waals surface area (Å²) in [4.78, 5) is 24.3. The van der Waals surface area contributed by atoms with Crippen molar-refractivity contribution in [1.82, 2.24) is 4.90 Å². The minimum Gasteiger partial charge on any atom is -0.391 e. The number of halogens is 1. The van der Waals surface area contributed by atoms with Crippen molar-refractivity contribution in [3.8, 4) is 0 Å². The fourth-order valence-electron chi connectivity index (χ4n) is 1.66. The third-order valence-corrected chi connectivity index (χ3v) is 3.04. The molecule has 1 saturated heterocycles. The molecule has 0 aliphatic carbocycles. The molecule has 80 valence electrons. The van der Waals surface area contributed by atoms with E-state index in [2.05, 4.69) is 0 Å². The van der Waals surface area contributed by atoms with Gasteiger partial charge in [-0.2, -0.15) is 0 Å². The van der Waals surface area contributed by atoms with Crippen molar-refractivity contribution in [1.29, 1.82) is 0 Å². The predicted octanol–water partition coefficient (Wildman–Crippen LogP) is 0.710. The Morgan fingerprint density at radius 2 is 2.21 bits per heavy atom. The lowest BCUT2D eigenvalue weighted by atomic mass is 10.2. The van der Waals surface area contributed by atoms with E-state index in [9.17, 15) is 14.7 Å². The smallest absolute Gasteiger partial charge is 0.223 e. The molecule has 0 aromatic carbocycles. The predicted molar refractivity (Wildman–Crippen MR) is 60.1 cm³/mol. The summed E-state index contributed by atoms with van der Waals surface area (Å²) in [6, 6.07) is -0.412. The number of carbonyl (C=O) groups is 2. The number of carbonyl (C=O) groups excluding carboxylic acids is 2. The summed E-state index contributed by atoms with van der Waals surface area (Å²) in [7, 11) is 0. The average Bonchev–Trinajstić information content (AvgIpc) is 2.48. The van der Waals surface area contributed by atoms with E-state index in [0.717, 1.165) is 6.42 Å². The number of hydrogen-bond donors (Lipinski definition) is 1. The van der Waals surface area contributed by atoms with Crippen LogP contribution in [0.3, 0.4) is 0 Å². The molecule has 5 heteroatoms. The zero-order valence-corrected chi connectivity index (χ0v) is 10.2. The third-order valence-electron chi connectivity index (χ3n) is 2.33. The maximum atomic E-state index is 11.6. The van der Waals surface area contributed by atoms with E-state index in [0.29, 0.717) is 19.4 Å². The molecule has 14 heavy (non-hydrogen) atoms. The van der Waals surface area contributed by atoms with E-state index in [4.69, 9.17) is 0 Å². The van der Waals surface area contributed by atoms with Gasteiger partial charge in [-0.3, -0.25) is 9.59 Å². The van der Waals surface area contributed by atoms with Crippen LogP contribution in [0.1, 0.15) is 26.2 Å². The largest absolute Gasteiger partial charge is 0.391 e. The Labute approximate surface area is 96.8 Å². The molecular formula is C9H14INO3. The Morgan fingerprint density at radius 3 is 2.71 bits per heavy atom. The van der Waals surface area contributed by atoms with Crippen molar-refractivity contribution in [2.45, 2.75) is 38.3 Å². The zero-order valence-electron chi connectivity index (χ0n) is 8.07. The first-order chi connectivity index (χ1) is 6.56. The van der Waals surface area contributed by atoms with E-state index in [1.807, 2.05) is 6.92 Å². The quantitative estimate of drug-likeness (QED) is 0.617. The first-order valence-electron chi connectivity index (χ1n) is 4.73. The molecule has 1 aliphatic rings. The van der Waals surface area contributed by atoms with Gasteiger partial charge < -0.3 is 10.0 Å². The van der Waals surface area contributed by atoms with Crippen LogP contribution < -0.4 is 0 Å². The van der Waals surface area contributed by atoms with Crippen LogP contribution in [0.15, 0.2) is 0 Å². The Bertz CT molecular complexity index is 244. The highest BCUT2D eigenvalue weighted by Crippen LogP contribution is 2.21. The van der Waals surface area contributed by atoms with E-state index < -0.39 is 12.1 Å². The number of hydrogen-bond acceptors (Lipinski definition) is 3. The Balaban J connectivity index is 2.66. The van der Waals surface area contributed by atoms with Gasteiger partial charge in [0, 0.05) is 42.0 Å². The van der Waals surface area contributed by atoms with Gasteiger partial charge in [0.2, 0.25) is 9.70 Å². The summed E-state index contributed by atoms with van der Waals surface area (Å²) in [5.41, 5.74) is 0. The minimum absolute atomic E-state index is 0.0286. The number of rotatable bonds is 3. The van der Waals surface area contributed by atoms with Crippen LogP contribution in [-0.2, 0) is 9.59 Å². The van der Waals surface area contributed by atoms with Crippen molar-refractivity contribution in [3.63, 3.8) is 0 Å². The molecule has 0 spiro atoms. The molecule has 1 rings (SSSR count). The van der Waals surface area contributed by atoms with Gasteiger partial charge in [-0.25, -0.2) is 0 Å². The lowest BCUT2D eigenvalue weighted by molar-refractivity contribution is -0.135. The van der Waals surface area contributed by atoms with Crippen LogP contribution in [0, 0.1) is 0 Å². The molecular weight excluding hydrogens is 297 g/mol. The second kappa shape index (κ2) is 5.06. The number of β-amino-alcohol motifs (C(OH)–C–C–N with tert-alkyl or cyclic N) is 1. The Morgan fingerprint density at radius 1 is 1.57 bits per heavy atom. The van der Waals surface area contributed by atoms with Crippen LogP contribution in [0.4, 0.5) is 0 Å². The van der Waals surface area contributed by atoms with E-state index in [1.54, 1.807) is 22.6 Å². The third kappa shape index (κ3) is 2.66. The lowest BCUT2D eigenvalue weighted by Crippen LogP contribution is -2.38. The minimum atomic E-state index is -0.542. The monoisotopic (exact) mass is 311 g/mol. The van der Waals surface area contributed by atoms with Gasteiger partial charge in [0.25, 0.3) is 0 Å². The summed E-state index contributed by atoms with van der Waals surface area (Å²) >= 11 is 1.69. The van der Waals surface area contributed by atoms with Gasteiger partial charge in [0.05, 0.1) is 6.10 Å².